The summed E-state index contributed by atoms with van der Waals surface area (Å²) in [6.45, 7) is 4.41. The summed E-state index contributed by atoms with van der Waals surface area (Å²) in [6.07, 6.45) is 2.44. The minimum atomic E-state index is 1.21. The lowest BCUT2D eigenvalue weighted by Gasteiger charge is -2.18. The molecule has 0 bridgehead atoms. The first-order chi connectivity index (χ1) is 6.27. The van der Waals surface area contributed by atoms with Gasteiger partial charge in [0.25, 0.3) is 0 Å². The monoisotopic (exact) mass is 190 g/mol. The lowest BCUT2D eigenvalue weighted by molar-refractivity contribution is 0.930. The minimum absolute atomic E-state index is 1.21. The molecule has 0 amide bonds. The quantitative estimate of drug-likeness (QED) is 0.595. The van der Waals surface area contributed by atoms with E-state index >= 15 is 0 Å². The molecule has 1 aromatic carbocycles. The molecule has 1 aliphatic heterocycles. The predicted octanol–water partition coefficient (Wildman–Crippen LogP) is 4.02. The van der Waals surface area contributed by atoms with Gasteiger partial charge in [0.2, 0.25) is 0 Å². The van der Waals surface area contributed by atoms with Crippen LogP contribution in [0.3, 0.4) is 0 Å². The third-order valence-electron chi connectivity index (χ3n) is 2.38. The van der Waals surface area contributed by atoms with E-state index in [4.69, 9.17) is 0 Å². The summed E-state index contributed by atoms with van der Waals surface area (Å²) >= 11 is 1.94. The van der Waals surface area contributed by atoms with Gasteiger partial charge < -0.3 is 0 Å². The maximum absolute atomic E-state index is 2.24. The maximum atomic E-state index is 2.24. The van der Waals surface area contributed by atoms with Gasteiger partial charge in [0.1, 0.15) is 0 Å². The van der Waals surface area contributed by atoms with Crippen LogP contribution in [0, 0.1) is 0 Å². The second-order valence-electron chi connectivity index (χ2n) is 3.63. The highest BCUT2D eigenvalue weighted by Crippen LogP contribution is 2.39. The Morgan fingerprint density at radius 2 is 1.92 bits per heavy atom. The molecular formula is C12H14S. The molecule has 0 atom stereocenters. The molecular weight excluding hydrogens is 176 g/mol. The van der Waals surface area contributed by atoms with E-state index in [-0.39, 0.29) is 0 Å². The molecule has 13 heavy (non-hydrogen) atoms. The Hall–Kier alpha value is -0.690. The van der Waals surface area contributed by atoms with Gasteiger partial charge in [0.15, 0.2) is 0 Å². The number of rotatable bonds is 0. The number of thioether (sulfide) groups is 1. The number of fused-ring (bicyclic) bond motifs is 1. The summed E-state index contributed by atoms with van der Waals surface area (Å²) in [5.41, 5.74) is 2.98. The molecule has 0 saturated heterocycles. The van der Waals surface area contributed by atoms with Crippen molar-refractivity contribution in [2.45, 2.75) is 31.6 Å². The minimum Gasteiger partial charge on any atom is -0.0943 e. The van der Waals surface area contributed by atoms with Crippen LogP contribution in [0.4, 0.5) is 0 Å². The zero-order valence-corrected chi connectivity index (χ0v) is 8.95. The third kappa shape index (κ3) is 1.80. The molecule has 0 aromatic heterocycles. The van der Waals surface area contributed by atoms with Gasteiger partial charge in [-0.3, -0.25) is 0 Å². The second kappa shape index (κ2) is 3.59. The van der Waals surface area contributed by atoms with Crippen LogP contribution in [-0.4, -0.2) is 0 Å². The van der Waals surface area contributed by atoms with Crippen LogP contribution in [0.1, 0.15) is 25.8 Å². The fourth-order valence-electron chi connectivity index (χ4n) is 1.59. The van der Waals surface area contributed by atoms with Crippen molar-refractivity contribution in [1.29, 1.82) is 0 Å². The van der Waals surface area contributed by atoms with E-state index in [2.05, 4.69) is 38.1 Å². The number of aryl methyl sites for hydroxylation is 1. The third-order valence-corrected chi connectivity index (χ3v) is 3.86. The largest absolute Gasteiger partial charge is 0.0943 e. The van der Waals surface area contributed by atoms with E-state index < -0.39 is 0 Å². The topological polar surface area (TPSA) is 0 Å². The Kier molecular flexibility index (Phi) is 2.45. The number of benzene rings is 1. The van der Waals surface area contributed by atoms with Gasteiger partial charge in [-0.05, 0) is 43.2 Å². The van der Waals surface area contributed by atoms with Gasteiger partial charge in [-0.25, -0.2) is 0 Å². The van der Waals surface area contributed by atoms with Gasteiger partial charge >= 0.3 is 0 Å². The molecule has 0 aliphatic carbocycles. The smallest absolute Gasteiger partial charge is 0.0151 e. The van der Waals surface area contributed by atoms with Crippen LogP contribution in [0.2, 0.25) is 0 Å². The highest BCUT2D eigenvalue weighted by Gasteiger charge is 2.13. The summed E-state index contributed by atoms with van der Waals surface area (Å²) in [7, 11) is 0. The summed E-state index contributed by atoms with van der Waals surface area (Å²) in [5.74, 6) is 0. The molecule has 0 radical (unpaired) electrons. The molecule has 0 spiro atoms. The van der Waals surface area contributed by atoms with Gasteiger partial charge in [-0.2, -0.15) is 0 Å². The van der Waals surface area contributed by atoms with Crippen molar-refractivity contribution in [2.24, 2.45) is 0 Å². The predicted molar refractivity (Wildman–Crippen MR) is 59.0 cm³/mol. The van der Waals surface area contributed by atoms with Gasteiger partial charge in [0.05, 0.1) is 0 Å². The highest BCUT2D eigenvalue weighted by molar-refractivity contribution is 8.03. The first-order valence-electron chi connectivity index (χ1n) is 4.69. The number of hydrogen-bond donors (Lipinski definition) is 0. The fourth-order valence-corrected chi connectivity index (χ4v) is 2.72. The van der Waals surface area contributed by atoms with Crippen LogP contribution in [0.15, 0.2) is 39.6 Å². The van der Waals surface area contributed by atoms with Crippen molar-refractivity contribution < 1.29 is 0 Å². The zero-order chi connectivity index (χ0) is 9.26. The summed E-state index contributed by atoms with van der Waals surface area (Å²) in [5, 5.41) is 0. The summed E-state index contributed by atoms with van der Waals surface area (Å²) in [6, 6.07) is 8.72. The van der Waals surface area contributed by atoms with Crippen LogP contribution in [-0.2, 0) is 6.42 Å². The van der Waals surface area contributed by atoms with E-state index in [0.717, 1.165) is 0 Å². The summed E-state index contributed by atoms with van der Waals surface area (Å²) in [4.78, 5) is 3.00. The lowest BCUT2D eigenvalue weighted by atomic mass is 10.1. The Morgan fingerprint density at radius 3 is 2.69 bits per heavy atom. The van der Waals surface area contributed by atoms with Gasteiger partial charge in [-0.15, -0.1) is 0 Å². The first kappa shape index (κ1) is 8.89. The van der Waals surface area contributed by atoms with Crippen molar-refractivity contribution in [3.05, 3.63) is 40.3 Å². The number of hydrogen-bond acceptors (Lipinski definition) is 1. The average Bonchev–Trinajstić information content (AvgIpc) is 2.17. The SMILES string of the molecule is CC(C)=C1CCc2ccccc2S1. The lowest BCUT2D eigenvalue weighted by Crippen LogP contribution is -1.97. The van der Waals surface area contributed by atoms with Crippen LogP contribution in [0.25, 0.3) is 0 Å². The van der Waals surface area contributed by atoms with Gasteiger partial charge in [0, 0.05) is 4.90 Å². The Balaban J connectivity index is 2.35. The molecule has 1 aliphatic rings. The van der Waals surface area contributed by atoms with Crippen LogP contribution < -0.4 is 0 Å². The second-order valence-corrected chi connectivity index (χ2v) is 4.77. The Morgan fingerprint density at radius 1 is 1.15 bits per heavy atom. The number of allylic oxidation sites excluding steroid dienone is 2. The maximum Gasteiger partial charge on any atom is 0.0151 e. The molecule has 0 N–H and O–H groups in total. The fraction of sp³-hybridized carbons (Fsp3) is 0.333. The van der Waals surface area contributed by atoms with Crippen molar-refractivity contribution in [3.63, 3.8) is 0 Å². The molecule has 0 fully saturated rings. The first-order valence-corrected chi connectivity index (χ1v) is 5.51. The summed E-state index contributed by atoms with van der Waals surface area (Å²) < 4.78 is 0. The van der Waals surface area contributed by atoms with E-state index in [1.165, 1.54) is 28.9 Å². The van der Waals surface area contributed by atoms with Crippen molar-refractivity contribution in [2.75, 3.05) is 0 Å². The van der Waals surface area contributed by atoms with Crippen molar-refractivity contribution in [3.8, 4) is 0 Å². The highest BCUT2D eigenvalue weighted by atomic mass is 32.2. The van der Waals surface area contributed by atoms with Crippen LogP contribution in [0.5, 0.6) is 0 Å². The molecule has 68 valence electrons. The van der Waals surface area contributed by atoms with Gasteiger partial charge in [-0.1, -0.05) is 35.5 Å². The standard InChI is InChI=1S/C12H14S/c1-9(2)11-8-7-10-5-3-4-6-12(10)13-11/h3-6H,7-8H2,1-2H3. The molecule has 1 heteroatoms. The molecule has 2 rings (SSSR count). The molecule has 0 nitrogen and oxygen atoms in total. The van der Waals surface area contributed by atoms with E-state index in [0.29, 0.717) is 0 Å². The van der Waals surface area contributed by atoms with Crippen molar-refractivity contribution >= 4 is 11.8 Å². The average molecular weight is 190 g/mol. The van der Waals surface area contributed by atoms with Crippen LogP contribution >= 0.6 is 11.8 Å². The molecule has 1 aromatic rings. The van der Waals surface area contributed by atoms with E-state index in [1.807, 2.05) is 11.8 Å². The van der Waals surface area contributed by atoms with Crippen molar-refractivity contribution in [1.82, 2.24) is 0 Å². The van der Waals surface area contributed by atoms with E-state index in [9.17, 15) is 0 Å². The molecule has 1 heterocycles. The zero-order valence-electron chi connectivity index (χ0n) is 8.13. The molecule has 0 saturated carbocycles. The van der Waals surface area contributed by atoms with E-state index in [1.54, 1.807) is 4.91 Å². The normalized spacial score (nSPS) is 15.4. The Labute approximate surface area is 84.0 Å². The molecule has 0 unspecified atom stereocenters. The Bertz CT molecular complexity index is 346.